The predicted molar refractivity (Wildman–Crippen MR) is 111 cm³/mol. The van der Waals surface area contributed by atoms with E-state index >= 15 is 0 Å². The van der Waals surface area contributed by atoms with Crippen LogP contribution in [0.15, 0.2) is 30.5 Å². The van der Waals surface area contributed by atoms with Gasteiger partial charge < -0.3 is 15.8 Å². The molecule has 0 saturated carbocycles. The molecule has 0 radical (unpaired) electrons. The summed E-state index contributed by atoms with van der Waals surface area (Å²) in [4.78, 5) is 17.3. The number of aromatic nitrogens is 2. The number of fused-ring (bicyclic) bond motifs is 1. The highest BCUT2D eigenvalue weighted by molar-refractivity contribution is 5.95. The summed E-state index contributed by atoms with van der Waals surface area (Å²) in [6.45, 7) is 7.40. The van der Waals surface area contributed by atoms with E-state index in [1.54, 1.807) is 23.6 Å². The van der Waals surface area contributed by atoms with Crippen molar-refractivity contribution in [2.45, 2.75) is 46.3 Å². The third kappa shape index (κ3) is 4.43. The van der Waals surface area contributed by atoms with Crippen LogP contribution in [0, 0.1) is 25.5 Å². The van der Waals surface area contributed by atoms with Gasteiger partial charge in [0.2, 0.25) is 0 Å². The topological polar surface area (TPSA) is 81.6 Å². The fraction of sp³-hybridized carbons (Fsp3) is 0.364. The molecule has 0 bridgehead atoms. The van der Waals surface area contributed by atoms with E-state index in [-0.39, 0.29) is 18.1 Å². The number of pyridine rings is 1. The number of rotatable bonds is 7. The van der Waals surface area contributed by atoms with Gasteiger partial charge in [-0.25, -0.2) is 13.8 Å². The van der Waals surface area contributed by atoms with E-state index in [0.717, 1.165) is 5.56 Å². The second kappa shape index (κ2) is 8.39. The molecule has 8 heteroatoms. The van der Waals surface area contributed by atoms with Crippen LogP contribution in [-0.2, 0) is 6.61 Å². The number of hydrogen-bond acceptors (Lipinski definition) is 4. The summed E-state index contributed by atoms with van der Waals surface area (Å²) in [7, 11) is 0. The van der Waals surface area contributed by atoms with Crippen molar-refractivity contribution in [2.75, 3.05) is 6.54 Å². The maximum absolute atomic E-state index is 13.9. The van der Waals surface area contributed by atoms with Gasteiger partial charge in [0.1, 0.15) is 23.9 Å². The Labute approximate surface area is 174 Å². The fourth-order valence-electron chi connectivity index (χ4n) is 3.05. The number of nitrogens with one attached hydrogen (secondary N) is 1. The molecule has 0 aliphatic heterocycles. The number of carbonyl (C=O) groups is 1. The fourth-order valence-corrected chi connectivity index (χ4v) is 3.05. The van der Waals surface area contributed by atoms with E-state index in [9.17, 15) is 13.6 Å². The standard InChI is InChI=1S/C22H26F2N4O2/c1-5-22(4,25)12-26-21(29)19-14(3)27-20-18(9-13(2)10-28(19)20)30-11-15-16(23)7-6-8-17(15)24/h6-10H,5,11-12,25H2,1-4H3,(H,26,29)/t22-/m0/s1. The summed E-state index contributed by atoms with van der Waals surface area (Å²) in [5.74, 6) is -1.34. The van der Waals surface area contributed by atoms with Crippen molar-refractivity contribution in [2.24, 2.45) is 5.73 Å². The quantitative estimate of drug-likeness (QED) is 0.616. The van der Waals surface area contributed by atoms with Crippen LogP contribution in [0.1, 0.15) is 47.6 Å². The molecule has 2 heterocycles. The molecule has 0 aliphatic carbocycles. The van der Waals surface area contributed by atoms with Crippen molar-refractivity contribution in [3.05, 3.63) is 64.6 Å². The molecule has 6 nitrogen and oxygen atoms in total. The second-order valence-corrected chi connectivity index (χ2v) is 7.80. The largest absolute Gasteiger partial charge is 0.485 e. The van der Waals surface area contributed by atoms with Gasteiger partial charge in [0.25, 0.3) is 5.91 Å². The Hall–Kier alpha value is -3.00. The van der Waals surface area contributed by atoms with Crippen molar-refractivity contribution in [3.8, 4) is 5.75 Å². The molecule has 0 spiro atoms. The highest BCUT2D eigenvalue weighted by Crippen LogP contribution is 2.26. The van der Waals surface area contributed by atoms with E-state index in [0.29, 0.717) is 35.8 Å². The molecule has 1 atom stereocenters. The third-order valence-electron chi connectivity index (χ3n) is 5.11. The number of carbonyl (C=O) groups excluding carboxylic acids is 1. The lowest BCUT2D eigenvalue weighted by Gasteiger charge is -2.22. The van der Waals surface area contributed by atoms with Gasteiger partial charge in [-0.05, 0) is 51.0 Å². The molecule has 0 aliphatic rings. The number of aryl methyl sites for hydroxylation is 2. The highest BCUT2D eigenvalue weighted by atomic mass is 19.1. The van der Waals surface area contributed by atoms with Crippen molar-refractivity contribution in [3.63, 3.8) is 0 Å². The summed E-state index contributed by atoms with van der Waals surface area (Å²) in [6, 6.07) is 5.37. The van der Waals surface area contributed by atoms with Crippen LogP contribution in [-0.4, -0.2) is 27.4 Å². The van der Waals surface area contributed by atoms with Crippen LogP contribution in [0.25, 0.3) is 5.65 Å². The average Bonchev–Trinajstić information content (AvgIpc) is 3.01. The number of benzene rings is 1. The monoisotopic (exact) mass is 416 g/mol. The maximum Gasteiger partial charge on any atom is 0.270 e. The molecule has 2 aromatic heterocycles. The number of imidazole rings is 1. The lowest BCUT2D eigenvalue weighted by Crippen LogP contribution is -2.47. The van der Waals surface area contributed by atoms with Gasteiger partial charge in [0.15, 0.2) is 11.4 Å². The molecular weight excluding hydrogens is 390 g/mol. The van der Waals surface area contributed by atoms with E-state index < -0.39 is 17.2 Å². The Morgan fingerprint density at radius 1 is 1.30 bits per heavy atom. The Morgan fingerprint density at radius 2 is 1.97 bits per heavy atom. The molecule has 30 heavy (non-hydrogen) atoms. The van der Waals surface area contributed by atoms with Crippen molar-refractivity contribution in [1.82, 2.24) is 14.7 Å². The number of nitrogens with zero attached hydrogens (tertiary/aromatic N) is 2. The minimum atomic E-state index is -0.681. The van der Waals surface area contributed by atoms with Gasteiger partial charge >= 0.3 is 0 Å². The van der Waals surface area contributed by atoms with Gasteiger partial charge in [0.05, 0.1) is 11.3 Å². The SMILES string of the molecule is CC[C@](C)(N)CNC(=O)c1c(C)nc2c(OCc3c(F)cccc3F)cc(C)cn12. The zero-order chi connectivity index (χ0) is 22.1. The minimum absolute atomic E-state index is 0.166. The summed E-state index contributed by atoms with van der Waals surface area (Å²) in [6.07, 6.45) is 2.48. The first kappa shape index (κ1) is 21.7. The van der Waals surface area contributed by atoms with Crippen LogP contribution >= 0.6 is 0 Å². The van der Waals surface area contributed by atoms with E-state index in [1.165, 1.54) is 18.2 Å². The predicted octanol–water partition coefficient (Wildman–Crippen LogP) is 3.67. The van der Waals surface area contributed by atoms with Crippen LogP contribution < -0.4 is 15.8 Å². The molecule has 0 saturated heterocycles. The number of ether oxygens (including phenoxy) is 1. The number of hydrogen-bond donors (Lipinski definition) is 2. The summed E-state index contributed by atoms with van der Waals surface area (Å²) >= 11 is 0. The van der Waals surface area contributed by atoms with E-state index in [2.05, 4.69) is 10.3 Å². The number of halogens is 2. The minimum Gasteiger partial charge on any atom is -0.485 e. The van der Waals surface area contributed by atoms with Gasteiger partial charge in [-0.15, -0.1) is 0 Å². The second-order valence-electron chi connectivity index (χ2n) is 7.80. The van der Waals surface area contributed by atoms with Crippen molar-refractivity contribution in [1.29, 1.82) is 0 Å². The molecule has 3 rings (SSSR count). The van der Waals surface area contributed by atoms with Crippen LogP contribution in [0.2, 0.25) is 0 Å². The van der Waals surface area contributed by atoms with Crippen molar-refractivity contribution < 1.29 is 18.3 Å². The molecule has 3 N–H and O–H groups in total. The highest BCUT2D eigenvalue weighted by Gasteiger charge is 2.23. The van der Waals surface area contributed by atoms with E-state index in [1.807, 2.05) is 20.8 Å². The average molecular weight is 416 g/mol. The Balaban J connectivity index is 1.93. The Morgan fingerprint density at radius 3 is 2.60 bits per heavy atom. The molecular formula is C22H26F2N4O2. The molecule has 1 amide bonds. The summed E-state index contributed by atoms with van der Waals surface area (Å²) in [5, 5.41) is 2.86. The molecule has 3 aromatic rings. The normalized spacial score (nSPS) is 13.3. The lowest BCUT2D eigenvalue weighted by atomic mass is 10.0. The van der Waals surface area contributed by atoms with E-state index in [4.69, 9.17) is 10.5 Å². The summed E-state index contributed by atoms with van der Waals surface area (Å²) < 4.78 is 35.2. The lowest BCUT2D eigenvalue weighted by molar-refractivity contribution is 0.0937. The Bertz CT molecular complexity index is 1070. The first-order chi connectivity index (χ1) is 14.1. The number of amides is 1. The van der Waals surface area contributed by atoms with Gasteiger partial charge in [0, 0.05) is 18.3 Å². The maximum atomic E-state index is 13.9. The molecule has 0 fully saturated rings. The number of nitrogens with two attached hydrogens (primary N) is 1. The molecule has 0 unspecified atom stereocenters. The van der Waals surface area contributed by atoms with Gasteiger partial charge in [-0.1, -0.05) is 13.0 Å². The smallest absolute Gasteiger partial charge is 0.270 e. The molecule has 160 valence electrons. The molecule has 1 aromatic carbocycles. The zero-order valence-corrected chi connectivity index (χ0v) is 17.6. The Kier molecular flexibility index (Phi) is 6.07. The van der Waals surface area contributed by atoms with Crippen LogP contribution in [0.5, 0.6) is 5.75 Å². The zero-order valence-electron chi connectivity index (χ0n) is 17.6. The van der Waals surface area contributed by atoms with Gasteiger partial charge in [-0.2, -0.15) is 0 Å². The first-order valence-corrected chi connectivity index (χ1v) is 9.75. The van der Waals surface area contributed by atoms with Crippen molar-refractivity contribution >= 4 is 11.6 Å². The summed E-state index contributed by atoms with van der Waals surface area (Å²) in [5.41, 5.74) is 7.50. The van der Waals surface area contributed by atoms with Crippen LogP contribution in [0.3, 0.4) is 0 Å². The third-order valence-corrected chi connectivity index (χ3v) is 5.11. The van der Waals surface area contributed by atoms with Gasteiger partial charge in [-0.3, -0.25) is 9.20 Å². The van der Waals surface area contributed by atoms with Crippen LogP contribution in [0.4, 0.5) is 8.78 Å². The first-order valence-electron chi connectivity index (χ1n) is 9.75.